The van der Waals surface area contributed by atoms with Crippen LogP contribution in [0, 0.1) is 5.92 Å². The maximum absolute atomic E-state index is 11.4. The number of benzene rings is 1. The molecule has 0 aliphatic rings. The van der Waals surface area contributed by atoms with Gasteiger partial charge in [0.1, 0.15) is 5.82 Å². The minimum absolute atomic E-state index is 0.230. The average Bonchev–Trinajstić information content (AvgIpc) is 2.78. The molecule has 112 valence electrons. The van der Waals surface area contributed by atoms with Gasteiger partial charge in [-0.05, 0) is 24.5 Å². The number of rotatable bonds is 5. The van der Waals surface area contributed by atoms with E-state index in [0.717, 1.165) is 5.56 Å². The Morgan fingerprint density at radius 3 is 2.52 bits per heavy atom. The molecule has 0 bridgehead atoms. The number of anilines is 1. The van der Waals surface area contributed by atoms with Gasteiger partial charge in [0.15, 0.2) is 6.04 Å². The van der Waals surface area contributed by atoms with Gasteiger partial charge in [-0.25, -0.2) is 9.48 Å². The van der Waals surface area contributed by atoms with E-state index in [1.54, 1.807) is 18.2 Å². The van der Waals surface area contributed by atoms with E-state index < -0.39 is 12.0 Å². The maximum Gasteiger partial charge on any atom is 0.328 e. The standard InChI is InChI=1S/C15H18ClN3O2/c1-9(2)7-13(15(20)21)19-14(17)8-12(18-19)10-3-5-11(16)6-4-10/h3-6,8-9,13H,7,17H2,1-2H3,(H,20,21). The first-order chi connectivity index (χ1) is 9.88. The Labute approximate surface area is 128 Å². The van der Waals surface area contributed by atoms with Crippen molar-refractivity contribution in [3.8, 4) is 11.3 Å². The number of aromatic nitrogens is 2. The zero-order valence-electron chi connectivity index (χ0n) is 12.0. The Bertz CT molecular complexity index is 635. The Kier molecular flexibility index (Phi) is 4.53. The zero-order chi connectivity index (χ0) is 15.6. The molecule has 1 atom stereocenters. The van der Waals surface area contributed by atoms with Crippen molar-refractivity contribution < 1.29 is 9.90 Å². The van der Waals surface area contributed by atoms with Crippen LogP contribution in [0.1, 0.15) is 26.3 Å². The van der Waals surface area contributed by atoms with Gasteiger partial charge in [0.25, 0.3) is 0 Å². The molecule has 5 nitrogen and oxygen atoms in total. The predicted molar refractivity (Wildman–Crippen MR) is 83.2 cm³/mol. The summed E-state index contributed by atoms with van der Waals surface area (Å²) in [4.78, 5) is 11.4. The second-order valence-electron chi connectivity index (χ2n) is 5.39. The van der Waals surface area contributed by atoms with Crippen molar-refractivity contribution in [3.05, 3.63) is 35.4 Å². The summed E-state index contributed by atoms with van der Waals surface area (Å²) in [6.45, 7) is 3.94. The average molecular weight is 308 g/mol. The van der Waals surface area contributed by atoms with Crippen molar-refractivity contribution in [2.24, 2.45) is 5.92 Å². The van der Waals surface area contributed by atoms with E-state index in [1.165, 1.54) is 4.68 Å². The van der Waals surface area contributed by atoms with E-state index in [1.807, 2.05) is 26.0 Å². The molecule has 0 radical (unpaired) electrons. The van der Waals surface area contributed by atoms with Crippen molar-refractivity contribution in [1.82, 2.24) is 9.78 Å². The van der Waals surface area contributed by atoms with Gasteiger partial charge in [-0.15, -0.1) is 0 Å². The van der Waals surface area contributed by atoms with Crippen LogP contribution in [0.25, 0.3) is 11.3 Å². The first-order valence-electron chi connectivity index (χ1n) is 6.72. The molecular weight excluding hydrogens is 290 g/mol. The van der Waals surface area contributed by atoms with Crippen molar-refractivity contribution in [1.29, 1.82) is 0 Å². The van der Waals surface area contributed by atoms with Crippen LogP contribution in [0.15, 0.2) is 30.3 Å². The molecule has 21 heavy (non-hydrogen) atoms. The summed E-state index contributed by atoms with van der Waals surface area (Å²) in [6.07, 6.45) is 0.473. The fourth-order valence-corrected chi connectivity index (χ4v) is 2.30. The minimum Gasteiger partial charge on any atom is -0.480 e. The molecule has 1 aromatic carbocycles. The van der Waals surface area contributed by atoms with E-state index in [0.29, 0.717) is 23.0 Å². The second kappa shape index (κ2) is 6.18. The van der Waals surface area contributed by atoms with Gasteiger partial charge in [-0.1, -0.05) is 37.6 Å². The molecule has 1 heterocycles. The number of nitrogen functional groups attached to an aromatic ring is 1. The third kappa shape index (κ3) is 3.55. The van der Waals surface area contributed by atoms with Gasteiger partial charge >= 0.3 is 5.97 Å². The third-order valence-electron chi connectivity index (χ3n) is 3.18. The molecular formula is C15H18ClN3O2. The summed E-state index contributed by atoms with van der Waals surface area (Å²) in [6, 6.07) is 8.09. The molecule has 0 saturated carbocycles. The highest BCUT2D eigenvalue weighted by Gasteiger charge is 2.24. The normalized spacial score (nSPS) is 12.6. The minimum atomic E-state index is -0.929. The molecule has 2 aromatic rings. The van der Waals surface area contributed by atoms with Crippen LogP contribution < -0.4 is 5.73 Å². The van der Waals surface area contributed by atoms with Crippen LogP contribution in [0.3, 0.4) is 0 Å². The van der Waals surface area contributed by atoms with Gasteiger partial charge in [0, 0.05) is 16.7 Å². The summed E-state index contributed by atoms with van der Waals surface area (Å²) in [5, 5.41) is 14.4. The van der Waals surface area contributed by atoms with Crippen LogP contribution in [0.2, 0.25) is 5.02 Å². The molecule has 3 N–H and O–H groups in total. The molecule has 0 spiro atoms. The lowest BCUT2D eigenvalue weighted by Gasteiger charge is -2.16. The van der Waals surface area contributed by atoms with Gasteiger partial charge in [-0.3, -0.25) is 0 Å². The van der Waals surface area contributed by atoms with Gasteiger partial charge in [-0.2, -0.15) is 5.10 Å². The number of carbonyl (C=O) groups is 1. The Morgan fingerprint density at radius 2 is 2.00 bits per heavy atom. The predicted octanol–water partition coefficient (Wildman–Crippen LogP) is 3.46. The van der Waals surface area contributed by atoms with Gasteiger partial charge in [0.05, 0.1) is 5.69 Å². The molecule has 0 fully saturated rings. The fourth-order valence-electron chi connectivity index (χ4n) is 2.17. The van der Waals surface area contributed by atoms with Crippen molar-refractivity contribution >= 4 is 23.4 Å². The number of halogens is 1. The lowest BCUT2D eigenvalue weighted by molar-refractivity contribution is -0.141. The Hall–Kier alpha value is -2.01. The highest BCUT2D eigenvalue weighted by Crippen LogP contribution is 2.26. The van der Waals surface area contributed by atoms with Crippen molar-refractivity contribution in [2.45, 2.75) is 26.3 Å². The van der Waals surface area contributed by atoms with Crippen LogP contribution in [-0.4, -0.2) is 20.9 Å². The lowest BCUT2D eigenvalue weighted by atomic mass is 10.0. The van der Waals surface area contributed by atoms with E-state index in [2.05, 4.69) is 5.10 Å². The first kappa shape index (κ1) is 15.4. The maximum atomic E-state index is 11.4. The molecule has 0 aliphatic carbocycles. The number of hydrogen-bond donors (Lipinski definition) is 2. The Balaban J connectivity index is 2.37. The number of aliphatic carboxylic acids is 1. The summed E-state index contributed by atoms with van der Waals surface area (Å²) in [7, 11) is 0. The van der Waals surface area contributed by atoms with Gasteiger partial charge < -0.3 is 10.8 Å². The molecule has 1 aromatic heterocycles. The molecule has 0 saturated heterocycles. The van der Waals surface area contributed by atoms with Gasteiger partial charge in [0.2, 0.25) is 0 Å². The molecule has 6 heteroatoms. The van der Waals surface area contributed by atoms with Crippen LogP contribution in [0.4, 0.5) is 5.82 Å². The topological polar surface area (TPSA) is 81.1 Å². The number of nitrogens with zero attached hydrogens (tertiary/aromatic N) is 2. The third-order valence-corrected chi connectivity index (χ3v) is 3.43. The van der Waals surface area contributed by atoms with E-state index in [4.69, 9.17) is 17.3 Å². The molecule has 0 amide bonds. The molecule has 0 aliphatic heterocycles. The summed E-state index contributed by atoms with van der Waals surface area (Å²) >= 11 is 5.86. The van der Waals surface area contributed by atoms with Crippen molar-refractivity contribution in [2.75, 3.05) is 5.73 Å². The number of hydrogen-bond acceptors (Lipinski definition) is 3. The molecule has 2 rings (SSSR count). The largest absolute Gasteiger partial charge is 0.480 e. The highest BCUT2D eigenvalue weighted by atomic mass is 35.5. The quantitative estimate of drug-likeness (QED) is 0.886. The van der Waals surface area contributed by atoms with Crippen molar-refractivity contribution in [3.63, 3.8) is 0 Å². The summed E-state index contributed by atoms with van der Waals surface area (Å²) in [5.74, 6) is -0.358. The Morgan fingerprint density at radius 1 is 1.38 bits per heavy atom. The lowest BCUT2D eigenvalue weighted by Crippen LogP contribution is -2.23. The van der Waals surface area contributed by atoms with Crippen LogP contribution in [-0.2, 0) is 4.79 Å². The monoisotopic (exact) mass is 307 g/mol. The number of nitrogens with two attached hydrogens (primary N) is 1. The zero-order valence-corrected chi connectivity index (χ0v) is 12.7. The smallest absolute Gasteiger partial charge is 0.328 e. The summed E-state index contributed by atoms with van der Waals surface area (Å²) in [5.41, 5.74) is 7.42. The SMILES string of the molecule is CC(C)CC(C(=O)O)n1nc(-c2ccc(Cl)cc2)cc1N. The second-order valence-corrected chi connectivity index (χ2v) is 5.83. The van der Waals surface area contributed by atoms with Crippen LogP contribution in [0.5, 0.6) is 0 Å². The van der Waals surface area contributed by atoms with Crippen LogP contribution >= 0.6 is 11.6 Å². The summed E-state index contributed by atoms with van der Waals surface area (Å²) < 4.78 is 1.38. The van der Waals surface area contributed by atoms with E-state index in [9.17, 15) is 9.90 Å². The first-order valence-corrected chi connectivity index (χ1v) is 7.10. The van der Waals surface area contributed by atoms with E-state index in [-0.39, 0.29) is 5.92 Å². The number of carboxylic acids is 1. The number of carboxylic acid groups (broad SMARTS) is 1. The van der Waals surface area contributed by atoms with E-state index >= 15 is 0 Å². The molecule has 1 unspecified atom stereocenters. The highest BCUT2D eigenvalue weighted by molar-refractivity contribution is 6.30. The fraction of sp³-hybridized carbons (Fsp3) is 0.333.